The molecule has 1 heterocycles. The number of hydrogen-bond acceptors (Lipinski definition) is 4. The van der Waals surface area contributed by atoms with E-state index in [9.17, 15) is 0 Å². The van der Waals surface area contributed by atoms with Crippen LogP contribution in [0.2, 0.25) is 0 Å². The Morgan fingerprint density at radius 2 is 2.08 bits per heavy atom. The van der Waals surface area contributed by atoms with Gasteiger partial charge in [0.2, 0.25) is 5.88 Å². The standard InChI is InChI=1S/C9H15N3O/c1-6(7(2)10)8-4-9(13-3)12-5-11-8/h4-7H,10H2,1-3H3. The van der Waals surface area contributed by atoms with Crippen molar-refractivity contribution in [2.24, 2.45) is 5.73 Å². The molecule has 2 atom stereocenters. The molecule has 1 rings (SSSR count). The molecule has 0 bridgehead atoms. The van der Waals surface area contributed by atoms with Crippen LogP contribution in [0.25, 0.3) is 0 Å². The van der Waals surface area contributed by atoms with Gasteiger partial charge in [0.15, 0.2) is 0 Å². The summed E-state index contributed by atoms with van der Waals surface area (Å²) in [7, 11) is 1.59. The highest BCUT2D eigenvalue weighted by Crippen LogP contribution is 2.17. The number of methoxy groups -OCH3 is 1. The van der Waals surface area contributed by atoms with E-state index in [2.05, 4.69) is 9.97 Å². The summed E-state index contributed by atoms with van der Waals surface area (Å²) < 4.78 is 4.99. The highest BCUT2D eigenvalue weighted by molar-refractivity contribution is 5.17. The summed E-state index contributed by atoms with van der Waals surface area (Å²) in [4.78, 5) is 8.06. The molecule has 0 saturated carbocycles. The van der Waals surface area contributed by atoms with Gasteiger partial charge in [0.25, 0.3) is 0 Å². The first-order chi connectivity index (χ1) is 6.15. The molecule has 0 amide bonds. The lowest BCUT2D eigenvalue weighted by molar-refractivity contribution is 0.394. The average molecular weight is 181 g/mol. The van der Waals surface area contributed by atoms with Crippen LogP contribution in [0.4, 0.5) is 0 Å². The molecule has 0 radical (unpaired) electrons. The first-order valence-electron chi connectivity index (χ1n) is 4.26. The molecule has 2 N–H and O–H groups in total. The second-order valence-electron chi connectivity index (χ2n) is 3.13. The predicted molar refractivity (Wildman–Crippen MR) is 50.6 cm³/mol. The molecule has 1 aromatic heterocycles. The number of nitrogens with zero attached hydrogens (tertiary/aromatic N) is 2. The maximum atomic E-state index is 5.76. The normalized spacial score (nSPS) is 15.1. The quantitative estimate of drug-likeness (QED) is 0.753. The van der Waals surface area contributed by atoms with E-state index in [1.54, 1.807) is 7.11 Å². The highest BCUT2D eigenvalue weighted by Gasteiger charge is 2.12. The maximum absolute atomic E-state index is 5.76. The Morgan fingerprint density at radius 3 is 2.62 bits per heavy atom. The van der Waals surface area contributed by atoms with Gasteiger partial charge < -0.3 is 10.5 Å². The molecule has 0 aromatic carbocycles. The molecule has 0 aliphatic rings. The molecule has 72 valence electrons. The Kier molecular flexibility index (Phi) is 3.19. The van der Waals surface area contributed by atoms with Crippen LogP contribution in [-0.2, 0) is 0 Å². The fourth-order valence-electron chi connectivity index (χ4n) is 0.983. The molecule has 0 aliphatic carbocycles. The molecule has 2 unspecified atom stereocenters. The monoisotopic (exact) mass is 181 g/mol. The summed E-state index contributed by atoms with van der Waals surface area (Å²) in [5, 5.41) is 0. The van der Waals surface area contributed by atoms with Crippen LogP contribution in [-0.4, -0.2) is 23.1 Å². The van der Waals surface area contributed by atoms with E-state index in [1.807, 2.05) is 19.9 Å². The molecule has 4 nitrogen and oxygen atoms in total. The molecule has 13 heavy (non-hydrogen) atoms. The van der Waals surface area contributed by atoms with Gasteiger partial charge in [-0.05, 0) is 6.92 Å². The molecular weight excluding hydrogens is 166 g/mol. The topological polar surface area (TPSA) is 61.0 Å². The van der Waals surface area contributed by atoms with Crippen molar-refractivity contribution in [2.75, 3.05) is 7.11 Å². The third-order valence-electron chi connectivity index (χ3n) is 2.13. The fourth-order valence-corrected chi connectivity index (χ4v) is 0.983. The van der Waals surface area contributed by atoms with Crippen LogP contribution < -0.4 is 10.5 Å². The van der Waals surface area contributed by atoms with E-state index in [0.717, 1.165) is 5.69 Å². The Balaban J connectivity index is 2.88. The van der Waals surface area contributed by atoms with Crippen LogP contribution >= 0.6 is 0 Å². The predicted octanol–water partition coefficient (Wildman–Crippen LogP) is 0.936. The SMILES string of the molecule is COc1cc(C(C)C(C)N)ncn1. The van der Waals surface area contributed by atoms with Crippen molar-refractivity contribution >= 4 is 0 Å². The molecular formula is C9H15N3O. The number of nitrogens with two attached hydrogens (primary N) is 1. The van der Waals surface area contributed by atoms with E-state index in [1.165, 1.54) is 6.33 Å². The lowest BCUT2D eigenvalue weighted by Crippen LogP contribution is -2.23. The Morgan fingerprint density at radius 1 is 1.38 bits per heavy atom. The van der Waals surface area contributed by atoms with Gasteiger partial charge in [-0.3, -0.25) is 0 Å². The summed E-state index contributed by atoms with van der Waals surface area (Å²) in [6.45, 7) is 3.99. The highest BCUT2D eigenvalue weighted by atomic mass is 16.5. The van der Waals surface area contributed by atoms with E-state index in [0.29, 0.717) is 5.88 Å². The molecule has 0 spiro atoms. The zero-order valence-electron chi connectivity index (χ0n) is 8.19. The first kappa shape index (κ1) is 9.92. The molecule has 4 heteroatoms. The van der Waals surface area contributed by atoms with Gasteiger partial charge in [0, 0.05) is 18.0 Å². The minimum absolute atomic E-state index is 0.0830. The maximum Gasteiger partial charge on any atom is 0.216 e. The zero-order chi connectivity index (χ0) is 9.84. The summed E-state index contributed by atoms with van der Waals surface area (Å²) in [5.41, 5.74) is 6.68. The van der Waals surface area contributed by atoms with Crippen LogP contribution in [0.15, 0.2) is 12.4 Å². The Labute approximate surface area is 78.1 Å². The summed E-state index contributed by atoms with van der Waals surface area (Å²) >= 11 is 0. The minimum atomic E-state index is 0.0830. The Bertz CT molecular complexity index is 275. The summed E-state index contributed by atoms with van der Waals surface area (Å²) in [6, 6.07) is 1.90. The lowest BCUT2D eigenvalue weighted by Gasteiger charge is -2.14. The van der Waals surface area contributed by atoms with Crippen molar-refractivity contribution in [3.63, 3.8) is 0 Å². The van der Waals surface area contributed by atoms with Gasteiger partial charge in [-0.2, -0.15) is 0 Å². The van der Waals surface area contributed by atoms with Gasteiger partial charge in [-0.1, -0.05) is 6.92 Å². The average Bonchev–Trinajstić information content (AvgIpc) is 2.16. The van der Waals surface area contributed by atoms with Crippen molar-refractivity contribution in [1.82, 2.24) is 9.97 Å². The molecule has 1 aromatic rings. The van der Waals surface area contributed by atoms with Crippen LogP contribution in [0.5, 0.6) is 5.88 Å². The van der Waals surface area contributed by atoms with Gasteiger partial charge in [0.05, 0.1) is 12.8 Å². The fraction of sp³-hybridized carbons (Fsp3) is 0.556. The van der Waals surface area contributed by atoms with Crippen molar-refractivity contribution in [3.05, 3.63) is 18.1 Å². The first-order valence-corrected chi connectivity index (χ1v) is 4.26. The van der Waals surface area contributed by atoms with Gasteiger partial charge in [-0.25, -0.2) is 9.97 Å². The number of aromatic nitrogens is 2. The van der Waals surface area contributed by atoms with Crippen LogP contribution in [0.3, 0.4) is 0 Å². The van der Waals surface area contributed by atoms with E-state index in [4.69, 9.17) is 10.5 Å². The van der Waals surface area contributed by atoms with E-state index in [-0.39, 0.29) is 12.0 Å². The second-order valence-corrected chi connectivity index (χ2v) is 3.13. The summed E-state index contributed by atoms with van der Waals surface area (Å²) in [5.74, 6) is 0.800. The van der Waals surface area contributed by atoms with Gasteiger partial charge in [-0.15, -0.1) is 0 Å². The van der Waals surface area contributed by atoms with Crippen molar-refractivity contribution in [2.45, 2.75) is 25.8 Å². The third-order valence-corrected chi connectivity index (χ3v) is 2.13. The summed E-state index contributed by atoms with van der Waals surface area (Å²) in [6.07, 6.45) is 1.49. The van der Waals surface area contributed by atoms with Gasteiger partial charge in [0.1, 0.15) is 6.33 Å². The third kappa shape index (κ3) is 2.39. The van der Waals surface area contributed by atoms with Crippen LogP contribution in [0, 0.1) is 0 Å². The van der Waals surface area contributed by atoms with Gasteiger partial charge >= 0.3 is 0 Å². The van der Waals surface area contributed by atoms with Crippen molar-refractivity contribution in [3.8, 4) is 5.88 Å². The van der Waals surface area contributed by atoms with E-state index < -0.39 is 0 Å². The zero-order valence-corrected chi connectivity index (χ0v) is 8.19. The van der Waals surface area contributed by atoms with Crippen LogP contribution in [0.1, 0.15) is 25.5 Å². The lowest BCUT2D eigenvalue weighted by atomic mass is 10.0. The minimum Gasteiger partial charge on any atom is -0.481 e. The smallest absolute Gasteiger partial charge is 0.216 e. The van der Waals surface area contributed by atoms with Crippen molar-refractivity contribution < 1.29 is 4.74 Å². The molecule has 0 fully saturated rings. The second kappa shape index (κ2) is 4.18. The number of rotatable bonds is 3. The molecule has 0 saturated heterocycles. The largest absolute Gasteiger partial charge is 0.481 e. The number of hydrogen-bond donors (Lipinski definition) is 1. The van der Waals surface area contributed by atoms with E-state index >= 15 is 0 Å². The molecule has 0 aliphatic heterocycles. The number of ether oxygens (including phenoxy) is 1. The van der Waals surface area contributed by atoms with Crippen molar-refractivity contribution in [1.29, 1.82) is 0 Å². The Hall–Kier alpha value is -1.16.